The molecule has 0 radical (unpaired) electrons. The molecule has 12 aromatic rings. The molecule has 0 amide bonds. The van der Waals surface area contributed by atoms with Crippen LogP contribution in [0.3, 0.4) is 0 Å². The standard InChI is InChI=1S/C9H7BrN6O3S.C9H7ClN6O3S.C9H7FN6O3S.C9H8N6O3S/c3*1-15-9(17)16(14-13-15)7-5(6(10)12-19-7)4-18-8-11-2-3-20-8;1-14-9(16)15(13-12-14)7-6(4-11-18-7)5-17-8-10-2-3-19-8/h3*2-3H,4H2,1H3;2-4H,5H2,1H3/i4*2T. The summed E-state index contributed by atoms with van der Waals surface area (Å²) >= 11 is 13.8. The van der Waals surface area contributed by atoms with Gasteiger partial charge in [0.1, 0.15) is 32.0 Å². The van der Waals surface area contributed by atoms with Crippen LogP contribution in [0.4, 0.5) is 4.39 Å². The third-order valence-electron chi connectivity index (χ3n) is 9.28. The van der Waals surface area contributed by atoms with E-state index in [1.807, 2.05) is 0 Å². The summed E-state index contributed by atoms with van der Waals surface area (Å²) in [5, 5.41) is 50.2. The Kier molecular flexibility index (Phi) is 15.5. The molecule has 0 fully saturated rings. The number of halogens is 3. The topological polar surface area (TPSA) is 403 Å². The average molecular weight is 1260 g/mol. The molecule has 0 saturated heterocycles. The number of aryl methyl sites for hydroxylation is 4. The number of ether oxygens (including phenoxy) is 4. The number of thiazole rings is 4. The molecule has 0 aliphatic heterocycles. The molecule has 0 aromatic carbocycles. The van der Waals surface area contributed by atoms with Gasteiger partial charge in [0, 0.05) is 74.4 Å². The van der Waals surface area contributed by atoms with Crippen molar-refractivity contribution in [2.24, 2.45) is 28.2 Å². The molecule has 12 aromatic heterocycles. The summed E-state index contributed by atoms with van der Waals surface area (Å²) in [5.74, 6) is -0.854. The Morgan fingerprint density at radius 3 is 1.30 bits per heavy atom. The molecule has 0 saturated carbocycles. The van der Waals surface area contributed by atoms with E-state index < -0.39 is 28.7 Å². The van der Waals surface area contributed by atoms with Crippen molar-refractivity contribution < 1.29 is 46.9 Å². The van der Waals surface area contributed by atoms with E-state index >= 15 is 0 Å². The van der Waals surface area contributed by atoms with E-state index in [2.05, 4.69) is 98.2 Å². The SMILES string of the molecule is [3H]c1csc(OCc2c(Br)noc2-n2nnn(C)c2=O)n1.[3H]c1csc(OCc2c(Cl)noc2-n2nnn(C)c2=O)n1.[3H]c1csc(OCc2c(F)noc2-n2nnn(C)c2=O)n1.[3H]c1csc(OCc2cnoc2-n2nnn(C)c2=O)n1. The second-order valence-corrected chi connectivity index (χ2v) is 18.6. The summed E-state index contributed by atoms with van der Waals surface area (Å²) in [7, 11) is 5.79. The van der Waals surface area contributed by atoms with Gasteiger partial charge >= 0.3 is 22.8 Å². The van der Waals surface area contributed by atoms with Crippen LogP contribution in [0.15, 0.2) is 94.3 Å². The second kappa shape index (κ2) is 24.8. The maximum Gasteiger partial charge on any atom is 0.370 e. The first kappa shape index (κ1) is 49.3. The number of hydrogen-bond acceptors (Lipinski definition) is 32. The third kappa shape index (κ3) is 12.6. The van der Waals surface area contributed by atoms with Gasteiger partial charge in [0.05, 0.1) is 28.4 Å². The predicted molar refractivity (Wildman–Crippen MR) is 265 cm³/mol. The molecule has 79 heavy (non-hydrogen) atoms. The van der Waals surface area contributed by atoms with Gasteiger partial charge in [-0.05, 0) is 62.8 Å². The van der Waals surface area contributed by atoms with Crippen molar-refractivity contribution in [1.82, 2.24) is 120 Å². The fraction of sp³-hybridized carbons (Fsp3) is 0.222. The fourth-order valence-corrected chi connectivity index (χ4v) is 7.82. The van der Waals surface area contributed by atoms with Crippen LogP contribution >= 0.6 is 72.9 Å². The number of hydrogen-bond donors (Lipinski definition) is 0. The van der Waals surface area contributed by atoms with Crippen LogP contribution in [0, 0.1) is 5.95 Å². The van der Waals surface area contributed by atoms with Gasteiger partial charge in [-0.2, -0.15) is 23.1 Å². The molecule has 0 bridgehead atoms. The lowest BCUT2D eigenvalue weighted by Crippen LogP contribution is -2.22. The summed E-state index contributed by atoms with van der Waals surface area (Å²) in [6.07, 6.45) is 1.85. The minimum atomic E-state index is -0.926. The monoisotopic (exact) mass is 1260 g/mol. The van der Waals surface area contributed by atoms with Crippen molar-refractivity contribution in [2.75, 3.05) is 0 Å². The molecule has 12 heterocycles. The summed E-state index contributed by atoms with van der Waals surface area (Å²) in [6.45, 7) is -0.168. The van der Waals surface area contributed by atoms with Crippen molar-refractivity contribution in [1.29, 1.82) is 0 Å². The zero-order chi connectivity index (χ0) is 59.1. The van der Waals surface area contributed by atoms with Crippen molar-refractivity contribution in [3.8, 4) is 44.3 Å². The van der Waals surface area contributed by atoms with Gasteiger partial charge in [-0.3, -0.25) is 0 Å². The first-order valence-corrected chi connectivity index (χ1v) is 25.5. The van der Waals surface area contributed by atoms with Gasteiger partial charge in [0.15, 0.2) is 9.76 Å². The number of tetrazole rings is 4. The minimum Gasteiger partial charge on any atom is -0.465 e. The highest BCUT2D eigenvalue weighted by atomic mass is 79.9. The average Bonchev–Trinajstić information content (AvgIpc) is 4.29. The van der Waals surface area contributed by atoms with Gasteiger partial charge < -0.3 is 37.0 Å². The maximum absolute atomic E-state index is 13.6. The Hall–Kier alpha value is -9.26. The first-order valence-electron chi connectivity index (χ1n) is 22.9. The lowest BCUT2D eigenvalue weighted by molar-refractivity contribution is 0.297. The summed E-state index contributed by atoms with van der Waals surface area (Å²) in [5.41, 5.74) is -0.802. The zero-order valence-corrected chi connectivity index (χ0v) is 45.2. The van der Waals surface area contributed by atoms with E-state index in [9.17, 15) is 23.6 Å². The van der Waals surface area contributed by atoms with Gasteiger partial charge in [0.25, 0.3) is 50.3 Å². The highest BCUT2D eigenvalue weighted by Gasteiger charge is 2.25. The molecule has 0 N–H and O–H groups in total. The van der Waals surface area contributed by atoms with Crippen molar-refractivity contribution in [3.05, 3.63) is 132 Å². The van der Waals surface area contributed by atoms with Crippen molar-refractivity contribution in [3.63, 3.8) is 0 Å². The molecule has 12 rings (SSSR count). The van der Waals surface area contributed by atoms with Crippen LogP contribution in [-0.4, -0.2) is 120 Å². The molecular weight excluding hydrogens is 1220 g/mol. The van der Waals surface area contributed by atoms with Crippen LogP contribution in [0.1, 0.15) is 27.7 Å². The molecule has 0 aliphatic carbocycles. The third-order valence-corrected chi connectivity index (χ3v) is 12.7. The first-order chi connectivity index (χ1) is 39.8. The summed E-state index contributed by atoms with van der Waals surface area (Å²) < 4.78 is 92.3. The normalized spacial score (nSPS) is 11.6. The number of nitrogens with zero attached hydrogens (tertiary/aromatic N) is 24. The fourth-order valence-electron chi connectivity index (χ4n) is 5.54. The maximum atomic E-state index is 13.6. The zero-order valence-electron chi connectivity index (χ0n) is 43.6. The van der Waals surface area contributed by atoms with Crippen LogP contribution in [0.5, 0.6) is 20.8 Å². The second-order valence-electron chi connectivity index (χ2n) is 14.2. The Morgan fingerprint density at radius 2 is 0.886 bits per heavy atom. The van der Waals surface area contributed by atoms with Gasteiger partial charge in [0.2, 0.25) is 0 Å². The Bertz CT molecular complexity index is 4080. The van der Waals surface area contributed by atoms with Gasteiger partial charge in [-0.15, -0.1) is 18.7 Å². The highest BCUT2D eigenvalue weighted by Crippen LogP contribution is 2.27. The van der Waals surface area contributed by atoms with Crippen LogP contribution < -0.4 is 41.7 Å². The summed E-state index contributed by atoms with van der Waals surface area (Å²) in [4.78, 5) is 62.4. The highest BCUT2D eigenvalue weighted by molar-refractivity contribution is 9.10. The van der Waals surface area contributed by atoms with E-state index in [0.717, 1.165) is 48.8 Å². The van der Waals surface area contributed by atoms with Crippen LogP contribution in [-0.2, 0) is 54.6 Å². The summed E-state index contributed by atoms with van der Waals surface area (Å²) in [6, 6.07) is 0. The Labute approximate surface area is 468 Å². The molecule has 0 spiro atoms. The lowest BCUT2D eigenvalue weighted by Gasteiger charge is -2.01. The van der Waals surface area contributed by atoms with E-state index in [1.165, 1.54) is 79.2 Å². The van der Waals surface area contributed by atoms with E-state index in [1.54, 1.807) is 10.8 Å². The van der Waals surface area contributed by atoms with E-state index in [4.69, 9.17) is 54.1 Å². The van der Waals surface area contributed by atoms with Gasteiger partial charge in [-0.1, -0.05) is 72.4 Å². The molecular formula is C36H29BrClFN24O12S4. The van der Waals surface area contributed by atoms with E-state index in [0.29, 0.717) is 36.9 Å². The molecule has 36 nitrogen and oxygen atoms in total. The lowest BCUT2D eigenvalue weighted by atomic mass is 10.3. The molecule has 0 unspecified atom stereocenters. The molecule has 0 atom stereocenters. The largest absolute Gasteiger partial charge is 0.465 e. The minimum absolute atomic E-state index is 0.0285. The van der Waals surface area contributed by atoms with Gasteiger partial charge in [-0.25, -0.2) is 39.1 Å². The quantitative estimate of drug-likeness (QED) is 0.132. The number of rotatable bonds is 16. The van der Waals surface area contributed by atoms with Crippen molar-refractivity contribution in [2.45, 2.75) is 26.4 Å². The van der Waals surface area contributed by atoms with Crippen molar-refractivity contribution >= 4 is 72.9 Å². The molecule has 410 valence electrons. The van der Waals surface area contributed by atoms with Crippen LogP contribution in [0.25, 0.3) is 23.5 Å². The Balaban J connectivity index is 0.000000133. The van der Waals surface area contributed by atoms with Crippen LogP contribution in [0.2, 0.25) is 5.15 Å². The smallest absolute Gasteiger partial charge is 0.370 e. The van der Waals surface area contributed by atoms with E-state index in [-0.39, 0.29) is 90.6 Å². The number of aromatic nitrogens is 24. The molecule has 0 aliphatic rings. The molecule has 43 heteroatoms. The Morgan fingerprint density at radius 1 is 0.519 bits per heavy atom. The predicted octanol–water partition coefficient (Wildman–Crippen LogP) is 1.51.